The number of aryl methyl sites for hydroxylation is 2. The van der Waals surface area contributed by atoms with Gasteiger partial charge in [-0.2, -0.15) is 0 Å². The van der Waals surface area contributed by atoms with Gasteiger partial charge in [-0.15, -0.1) is 0 Å². The van der Waals surface area contributed by atoms with Gasteiger partial charge in [0.1, 0.15) is 0 Å². The predicted octanol–water partition coefficient (Wildman–Crippen LogP) is 1.81. The van der Waals surface area contributed by atoms with Gasteiger partial charge in [0, 0.05) is 17.4 Å². The molecule has 1 aromatic heterocycles. The van der Waals surface area contributed by atoms with Crippen molar-refractivity contribution in [2.24, 2.45) is 5.73 Å². The molecule has 13 heavy (non-hydrogen) atoms. The maximum Gasteiger partial charge on any atom is 0.0433 e. The third-order valence-corrected chi connectivity index (χ3v) is 2.87. The summed E-state index contributed by atoms with van der Waals surface area (Å²) in [5.74, 6) is 0. The molecule has 0 aromatic carbocycles. The average Bonchev–Trinajstić information content (AvgIpc) is 2.83. The van der Waals surface area contributed by atoms with Crippen LogP contribution in [-0.2, 0) is 6.42 Å². The molecule has 0 aliphatic heterocycles. The minimum Gasteiger partial charge on any atom is -0.325 e. The molecule has 2 rings (SSSR count). The standard InChI is InChI=1S/C11H16N2/c1-9-3-2-8-13-10(9)4-5-11(12)6-7-11/h2-3,8H,4-7,12H2,1H3. The van der Waals surface area contributed by atoms with Gasteiger partial charge in [-0.05, 0) is 44.2 Å². The summed E-state index contributed by atoms with van der Waals surface area (Å²) in [5.41, 5.74) is 8.67. The van der Waals surface area contributed by atoms with Gasteiger partial charge in [0.05, 0.1) is 0 Å². The Morgan fingerprint density at radius 2 is 2.31 bits per heavy atom. The Morgan fingerprint density at radius 3 is 2.92 bits per heavy atom. The van der Waals surface area contributed by atoms with Crippen molar-refractivity contribution < 1.29 is 0 Å². The Morgan fingerprint density at radius 1 is 1.54 bits per heavy atom. The first kappa shape index (κ1) is 8.70. The largest absolute Gasteiger partial charge is 0.325 e. The Balaban J connectivity index is 1.97. The van der Waals surface area contributed by atoms with Crippen molar-refractivity contribution in [3.8, 4) is 0 Å². The van der Waals surface area contributed by atoms with Crippen LogP contribution < -0.4 is 5.73 Å². The van der Waals surface area contributed by atoms with Crippen molar-refractivity contribution in [1.29, 1.82) is 0 Å². The first-order chi connectivity index (χ1) is 6.20. The van der Waals surface area contributed by atoms with Gasteiger partial charge in [0.15, 0.2) is 0 Å². The van der Waals surface area contributed by atoms with E-state index >= 15 is 0 Å². The van der Waals surface area contributed by atoms with E-state index in [-0.39, 0.29) is 5.54 Å². The monoisotopic (exact) mass is 176 g/mol. The lowest BCUT2D eigenvalue weighted by Gasteiger charge is -2.08. The fraction of sp³-hybridized carbons (Fsp3) is 0.545. The summed E-state index contributed by atoms with van der Waals surface area (Å²) in [5, 5.41) is 0. The molecule has 0 amide bonds. The molecule has 2 heteroatoms. The average molecular weight is 176 g/mol. The third-order valence-electron chi connectivity index (χ3n) is 2.87. The van der Waals surface area contributed by atoms with Crippen LogP contribution in [0, 0.1) is 6.92 Å². The zero-order valence-electron chi connectivity index (χ0n) is 8.09. The van der Waals surface area contributed by atoms with Crippen LogP contribution in [0.4, 0.5) is 0 Å². The van der Waals surface area contributed by atoms with Crippen molar-refractivity contribution in [3.63, 3.8) is 0 Å². The summed E-state index contributed by atoms with van der Waals surface area (Å²) in [6.07, 6.45) is 6.37. The van der Waals surface area contributed by atoms with E-state index in [0.29, 0.717) is 0 Å². The lowest BCUT2D eigenvalue weighted by Crippen LogP contribution is -2.22. The zero-order valence-corrected chi connectivity index (χ0v) is 8.09. The lowest BCUT2D eigenvalue weighted by molar-refractivity contribution is 0.602. The van der Waals surface area contributed by atoms with Crippen LogP contribution in [0.25, 0.3) is 0 Å². The molecule has 2 N–H and O–H groups in total. The second kappa shape index (κ2) is 3.11. The summed E-state index contributed by atoms with van der Waals surface area (Å²) in [4.78, 5) is 4.35. The van der Waals surface area contributed by atoms with Crippen molar-refractivity contribution in [2.45, 2.75) is 38.1 Å². The second-order valence-electron chi connectivity index (χ2n) is 4.13. The summed E-state index contributed by atoms with van der Waals surface area (Å²) < 4.78 is 0. The van der Waals surface area contributed by atoms with Crippen molar-refractivity contribution >= 4 is 0 Å². The molecule has 0 atom stereocenters. The highest BCUT2D eigenvalue weighted by atomic mass is 14.8. The number of hydrogen-bond donors (Lipinski definition) is 1. The highest BCUT2D eigenvalue weighted by Gasteiger charge is 2.37. The van der Waals surface area contributed by atoms with Gasteiger partial charge in [-0.1, -0.05) is 6.07 Å². The molecule has 0 spiro atoms. The molecule has 0 unspecified atom stereocenters. The quantitative estimate of drug-likeness (QED) is 0.763. The minimum atomic E-state index is 0.157. The highest BCUT2D eigenvalue weighted by molar-refractivity contribution is 5.18. The first-order valence-electron chi connectivity index (χ1n) is 4.89. The van der Waals surface area contributed by atoms with E-state index in [2.05, 4.69) is 18.0 Å². The molecule has 1 saturated carbocycles. The van der Waals surface area contributed by atoms with E-state index < -0.39 is 0 Å². The lowest BCUT2D eigenvalue weighted by atomic mass is 10.1. The van der Waals surface area contributed by atoms with E-state index in [0.717, 1.165) is 12.8 Å². The highest BCUT2D eigenvalue weighted by Crippen LogP contribution is 2.36. The molecule has 1 fully saturated rings. The van der Waals surface area contributed by atoms with Crippen LogP contribution in [0.2, 0.25) is 0 Å². The second-order valence-corrected chi connectivity index (χ2v) is 4.13. The number of hydrogen-bond acceptors (Lipinski definition) is 2. The van der Waals surface area contributed by atoms with E-state index in [1.54, 1.807) is 0 Å². The summed E-state index contributed by atoms with van der Waals surface area (Å²) in [6, 6.07) is 4.09. The third kappa shape index (κ3) is 2.07. The Bertz CT molecular complexity index is 303. The number of pyridine rings is 1. The molecule has 0 saturated heterocycles. The van der Waals surface area contributed by atoms with E-state index in [4.69, 9.17) is 5.73 Å². The van der Waals surface area contributed by atoms with Crippen molar-refractivity contribution in [3.05, 3.63) is 29.6 Å². The van der Waals surface area contributed by atoms with E-state index in [1.165, 1.54) is 24.1 Å². The smallest absolute Gasteiger partial charge is 0.0433 e. The Hall–Kier alpha value is -0.890. The van der Waals surface area contributed by atoms with Gasteiger partial charge in [0.2, 0.25) is 0 Å². The van der Waals surface area contributed by atoms with E-state index in [1.807, 2.05) is 12.3 Å². The molecule has 1 aliphatic rings. The molecule has 1 aliphatic carbocycles. The molecule has 0 bridgehead atoms. The summed E-state index contributed by atoms with van der Waals surface area (Å²) >= 11 is 0. The molecule has 0 radical (unpaired) electrons. The molecular weight excluding hydrogens is 160 g/mol. The summed E-state index contributed by atoms with van der Waals surface area (Å²) in [7, 11) is 0. The van der Waals surface area contributed by atoms with Crippen LogP contribution in [-0.4, -0.2) is 10.5 Å². The maximum absolute atomic E-state index is 6.02. The van der Waals surface area contributed by atoms with Gasteiger partial charge in [-0.25, -0.2) is 0 Å². The Labute approximate surface area is 79.2 Å². The molecule has 2 nitrogen and oxygen atoms in total. The fourth-order valence-electron chi connectivity index (χ4n) is 1.56. The number of rotatable bonds is 3. The topological polar surface area (TPSA) is 38.9 Å². The molecule has 1 heterocycles. The minimum absolute atomic E-state index is 0.157. The van der Waals surface area contributed by atoms with Crippen LogP contribution in [0.15, 0.2) is 18.3 Å². The molecule has 70 valence electrons. The van der Waals surface area contributed by atoms with Crippen LogP contribution in [0.1, 0.15) is 30.5 Å². The normalized spacial score (nSPS) is 18.6. The molecular formula is C11H16N2. The number of nitrogens with zero attached hydrogens (tertiary/aromatic N) is 1. The SMILES string of the molecule is Cc1cccnc1CCC1(N)CC1. The van der Waals surface area contributed by atoms with Crippen LogP contribution in [0.5, 0.6) is 0 Å². The number of aromatic nitrogens is 1. The first-order valence-corrected chi connectivity index (χ1v) is 4.89. The maximum atomic E-state index is 6.02. The zero-order chi connectivity index (χ0) is 9.31. The Kier molecular flexibility index (Phi) is 2.08. The van der Waals surface area contributed by atoms with Gasteiger partial charge < -0.3 is 5.73 Å². The summed E-state index contributed by atoms with van der Waals surface area (Å²) in [6.45, 7) is 2.11. The fourth-order valence-corrected chi connectivity index (χ4v) is 1.56. The van der Waals surface area contributed by atoms with E-state index in [9.17, 15) is 0 Å². The van der Waals surface area contributed by atoms with Crippen molar-refractivity contribution in [1.82, 2.24) is 4.98 Å². The predicted molar refractivity (Wildman–Crippen MR) is 53.4 cm³/mol. The van der Waals surface area contributed by atoms with Gasteiger partial charge >= 0.3 is 0 Å². The van der Waals surface area contributed by atoms with Gasteiger partial charge in [-0.3, -0.25) is 4.98 Å². The van der Waals surface area contributed by atoms with Gasteiger partial charge in [0.25, 0.3) is 0 Å². The molecule has 1 aromatic rings. The van der Waals surface area contributed by atoms with Crippen LogP contribution >= 0.6 is 0 Å². The van der Waals surface area contributed by atoms with Crippen LogP contribution in [0.3, 0.4) is 0 Å². The number of nitrogens with two attached hydrogens (primary N) is 1. The van der Waals surface area contributed by atoms with Crippen molar-refractivity contribution in [2.75, 3.05) is 0 Å².